The summed E-state index contributed by atoms with van der Waals surface area (Å²) in [5, 5.41) is 0. The highest BCUT2D eigenvalue weighted by atomic mass is 16.5. The van der Waals surface area contributed by atoms with E-state index in [1.165, 1.54) is 11.1 Å². The third kappa shape index (κ3) is 5.35. The monoisotopic (exact) mass is 291 g/mol. The van der Waals surface area contributed by atoms with Gasteiger partial charge in [-0.1, -0.05) is 53.7 Å². The molecular weight excluding hydrogens is 258 g/mol. The largest absolute Gasteiger partial charge is 0.493 e. The number of nitrogens with two attached hydrogens (primary N) is 1. The molecule has 2 N–H and O–H groups in total. The second kappa shape index (κ2) is 6.00. The molecule has 21 heavy (non-hydrogen) atoms. The zero-order valence-electron chi connectivity index (χ0n) is 15.1. The van der Waals surface area contributed by atoms with E-state index in [0.717, 1.165) is 12.2 Å². The SMILES string of the molecule is CC(C)(N)CCOc1cccc(C(C)(C)C)c1C(C)(C)C. The van der Waals surface area contributed by atoms with Crippen LogP contribution in [0.4, 0.5) is 0 Å². The fourth-order valence-electron chi connectivity index (χ4n) is 2.47. The van der Waals surface area contributed by atoms with Gasteiger partial charge in [-0.05, 0) is 42.7 Å². The predicted molar refractivity (Wildman–Crippen MR) is 92.2 cm³/mol. The molecule has 0 radical (unpaired) electrons. The van der Waals surface area contributed by atoms with Crippen molar-refractivity contribution in [2.24, 2.45) is 5.73 Å². The van der Waals surface area contributed by atoms with E-state index < -0.39 is 0 Å². The van der Waals surface area contributed by atoms with Gasteiger partial charge in [-0.25, -0.2) is 0 Å². The Labute approximate surface area is 131 Å². The van der Waals surface area contributed by atoms with Crippen LogP contribution in [-0.2, 0) is 10.8 Å². The van der Waals surface area contributed by atoms with Gasteiger partial charge in [0, 0.05) is 11.1 Å². The van der Waals surface area contributed by atoms with Crippen LogP contribution in [0.2, 0.25) is 0 Å². The maximum atomic E-state index is 6.10. The molecule has 0 aliphatic rings. The summed E-state index contributed by atoms with van der Waals surface area (Å²) in [6, 6.07) is 6.40. The topological polar surface area (TPSA) is 35.2 Å². The van der Waals surface area contributed by atoms with E-state index in [2.05, 4.69) is 59.7 Å². The minimum atomic E-state index is -0.191. The molecule has 1 aromatic rings. The van der Waals surface area contributed by atoms with Gasteiger partial charge < -0.3 is 10.5 Å². The van der Waals surface area contributed by atoms with Crippen LogP contribution in [0.15, 0.2) is 18.2 Å². The first-order chi connectivity index (χ1) is 9.32. The summed E-state index contributed by atoms with van der Waals surface area (Å²) in [7, 11) is 0. The fraction of sp³-hybridized carbons (Fsp3) is 0.684. The minimum Gasteiger partial charge on any atom is -0.493 e. The molecule has 0 amide bonds. The molecule has 2 heteroatoms. The summed E-state index contributed by atoms with van der Waals surface area (Å²) < 4.78 is 6.10. The molecule has 0 heterocycles. The molecule has 120 valence electrons. The van der Waals surface area contributed by atoms with Gasteiger partial charge in [-0.15, -0.1) is 0 Å². The lowest BCUT2D eigenvalue weighted by Crippen LogP contribution is -2.33. The summed E-state index contributed by atoms with van der Waals surface area (Å²) in [5.41, 5.74) is 8.68. The van der Waals surface area contributed by atoms with Crippen LogP contribution in [0, 0.1) is 0 Å². The lowest BCUT2D eigenvalue weighted by atomic mass is 9.75. The Balaban J connectivity index is 3.15. The van der Waals surface area contributed by atoms with E-state index in [1.54, 1.807) is 0 Å². The van der Waals surface area contributed by atoms with Gasteiger partial charge in [0.1, 0.15) is 5.75 Å². The van der Waals surface area contributed by atoms with E-state index in [-0.39, 0.29) is 16.4 Å². The molecule has 1 aromatic carbocycles. The summed E-state index contributed by atoms with van der Waals surface area (Å²) in [5.74, 6) is 0.999. The van der Waals surface area contributed by atoms with Crippen molar-refractivity contribution in [1.82, 2.24) is 0 Å². The van der Waals surface area contributed by atoms with Gasteiger partial charge in [-0.3, -0.25) is 0 Å². The smallest absolute Gasteiger partial charge is 0.123 e. The molecule has 0 atom stereocenters. The van der Waals surface area contributed by atoms with Crippen LogP contribution < -0.4 is 10.5 Å². The summed E-state index contributed by atoms with van der Waals surface area (Å²) in [6.45, 7) is 18.2. The first-order valence-electron chi connectivity index (χ1n) is 7.88. The zero-order chi connectivity index (χ0) is 16.5. The van der Waals surface area contributed by atoms with Crippen molar-refractivity contribution in [3.63, 3.8) is 0 Å². The second-order valence-corrected chi connectivity index (χ2v) is 8.77. The lowest BCUT2D eigenvalue weighted by molar-refractivity contribution is 0.267. The first kappa shape index (κ1) is 18.0. The zero-order valence-corrected chi connectivity index (χ0v) is 15.1. The van der Waals surface area contributed by atoms with Crippen LogP contribution in [0.5, 0.6) is 5.75 Å². The Morgan fingerprint density at radius 2 is 1.48 bits per heavy atom. The molecule has 0 saturated heterocycles. The third-order valence-corrected chi connectivity index (χ3v) is 3.59. The number of benzene rings is 1. The summed E-state index contributed by atoms with van der Waals surface area (Å²) in [4.78, 5) is 0. The van der Waals surface area contributed by atoms with E-state index in [4.69, 9.17) is 10.5 Å². The van der Waals surface area contributed by atoms with Gasteiger partial charge in [0.15, 0.2) is 0 Å². The van der Waals surface area contributed by atoms with Crippen molar-refractivity contribution in [1.29, 1.82) is 0 Å². The molecule has 0 aliphatic carbocycles. The van der Waals surface area contributed by atoms with Crippen molar-refractivity contribution in [3.05, 3.63) is 29.3 Å². The maximum Gasteiger partial charge on any atom is 0.123 e. The van der Waals surface area contributed by atoms with Crippen molar-refractivity contribution in [2.45, 2.75) is 78.2 Å². The lowest BCUT2D eigenvalue weighted by Gasteiger charge is -2.32. The first-order valence-corrected chi connectivity index (χ1v) is 7.88. The van der Waals surface area contributed by atoms with Gasteiger partial charge in [0.25, 0.3) is 0 Å². The number of hydrogen-bond acceptors (Lipinski definition) is 2. The Bertz CT molecular complexity index is 470. The summed E-state index contributed by atoms with van der Waals surface area (Å²) in [6.07, 6.45) is 0.844. The van der Waals surface area contributed by atoms with Crippen molar-refractivity contribution in [2.75, 3.05) is 6.61 Å². The average molecular weight is 291 g/mol. The van der Waals surface area contributed by atoms with Crippen molar-refractivity contribution in [3.8, 4) is 5.75 Å². The molecule has 0 aromatic heterocycles. The minimum absolute atomic E-state index is 0.0530. The molecule has 1 rings (SSSR count). The van der Waals surface area contributed by atoms with Crippen LogP contribution >= 0.6 is 0 Å². The molecule has 0 spiro atoms. The highest BCUT2D eigenvalue weighted by molar-refractivity contribution is 5.47. The van der Waals surface area contributed by atoms with E-state index in [0.29, 0.717) is 6.61 Å². The molecule has 0 bridgehead atoms. The molecule has 0 fully saturated rings. The number of hydrogen-bond donors (Lipinski definition) is 1. The molecule has 2 nitrogen and oxygen atoms in total. The van der Waals surface area contributed by atoms with E-state index in [9.17, 15) is 0 Å². The van der Waals surface area contributed by atoms with Gasteiger partial charge in [0.05, 0.1) is 6.61 Å². The standard InChI is InChI=1S/C19H33NO/c1-17(2,3)14-10-9-11-15(16(14)18(4,5)6)21-13-12-19(7,8)20/h9-11H,12-13,20H2,1-8H3. The quantitative estimate of drug-likeness (QED) is 0.865. The predicted octanol–water partition coefficient (Wildman–Crippen LogP) is 4.79. The Kier molecular flexibility index (Phi) is 5.15. The van der Waals surface area contributed by atoms with Crippen LogP contribution in [0.3, 0.4) is 0 Å². The highest BCUT2D eigenvalue weighted by Gasteiger charge is 2.28. The van der Waals surface area contributed by atoms with Crippen LogP contribution in [0.1, 0.15) is 72.9 Å². The Morgan fingerprint density at radius 3 is 1.90 bits per heavy atom. The van der Waals surface area contributed by atoms with Gasteiger partial charge in [0.2, 0.25) is 0 Å². The molecule has 0 unspecified atom stereocenters. The van der Waals surface area contributed by atoms with Gasteiger partial charge >= 0.3 is 0 Å². The van der Waals surface area contributed by atoms with Crippen LogP contribution in [-0.4, -0.2) is 12.1 Å². The second-order valence-electron chi connectivity index (χ2n) is 8.77. The third-order valence-electron chi connectivity index (χ3n) is 3.59. The molecule has 0 aliphatic heterocycles. The Morgan fingerprint density at radius 1 is 0.905 bits per heavy atom. The van der Waals surface area contributed by atoms with E-state index in [1.807, 2.05) is 13.8 Å². The molecule has 0 saturated carbocycles. The molecular formula is C19H33NO. The van der Waals surface area contributed by atoms with E-state index >= 15 is 0 Å². The average Bonchev–Trinajstić information content (AvgIpc) is 2.24. The Hall–Kier alpha value is -1.02. The highest BCUT2D eigenvalue weighted by Crippen LogP contribution is 2.39. The number of rotatable bonds is 4. The number of ether oxygens (including phenoxy) is 1. The maximum absolute atomic E-state index is 6.10. The summed E-state index contributed by atoms with van der Waals surface area (Å²) >= 11 is 0. The van der Waals surface area contributed by atoms with Crippen LogP contribution in [0.25, 0.3) is 0 Å². The van der Waals surface area contributed by atoms with Crippen molar-refractivity contribution >= 4 is 0 Å². The van der Waals surface area contributed by atoms with Gasteiger partial charge in [-0.2, -0.15) is 0 Å². The fourth-order valence-corrected chi connectivity index (χ4v) is 2.47. The van der Waals surface area contributed by atoms with Crippen molar-refractivity contribution < 1.29 is 4.74 Å². The normalized spacial score (nSPS) is 13.4.